The van der Waals surface area contributed by atoms with Crippen LogP contribution in [0.4, 0.5) is 14.9 Å². The minimum atomic E-state index is -4.27. The van der Waals surface area contributed by atoms with E-state index in [-0.39, 0.29) is 30.1 Å². The predicted molar refractivity (Wildman–Crippen MR) is 141 cm³/mol. The quantitative estimate of drug-likeness (QED) is 0.491. The van der Waals surface area contributed by atoms with E-state index in [4.69, 9.17) is 16.3 Å². The lowest BCUT2D eigenvalue weighted by Crippen LogP contribution is -2.51. The van der Waals surface area contributed by atoms with Crippen LogP contribution in [-0.4, -0.2) is 43.6 Å². The second-order valence-electron chi connectivity index (χ2n) is 10.8. The third-order valence-electron chi connectivity index (χ3n) is 6.57. The SMILES string of the molecule is CC(C)(C)OC(=O)N[C@H]1CS(=O)(=O)c2cc(F)c(C(=O)CC3CCC3)cc2N(Cc2ccc(Cl)cc2)C1=O. The Morgan fingerprint density at radius 3 is 2.39 bits per heavy atom. The summed E-state index contributed by atoms with van der Waals surface area (Å²) < 4.78 is 47.2. The third kappa shape index (κ3) is 6.35. The van der Waals surface area contributed by atoms with E-state index in [2.05, 4.69) is 5.32 Å². The molecule has 1 fully saturated rings. The van der Waals surface area contributed by atoms with E-state index in [1.807, 2.05) is 0 Å². The van der Waals surface area contributed by atoms with Crippen LogP contribution in [0.1, 0.15) is 62.4 Å². The molecule has 38 heavy (non-hydrogen) atoms. The Kier molecular flexibility index (Phi) is 7.86. The highest BCUT2D eigenvalue weighted by molar-refractivity contribution is 7.91. The molecule has 2 amide bonds. The number of nitrogens with one attached hydrogen (secondary N) is 1. The smallest absolute Gasteiger partial charge is 0.408 e. The first-order chi connectivity index (χ1) is 17.7. The van der Waals surface area contributed by atoms with Gasteiger partial charge in [-0.3, -0.25) is 9.59 Å². The van der Waals surface area contributed by atoms with Crippen LogP contribution in [0.15, 0.2) is 41.3 Å². The number of fused-ring (bicyclic) bond motifs is 1. The second-order valence-corrected chi connectivity index (χ2v) is 13.2. The van der Waals surface area contributed by atoms with Gasteiger partial charge in [-0.15, -0.1) is 0 Å². The summed E-state index contributed by atoms with van der Waals surface area (Å²) in [5.74, 6) is -2.78. The topological polar surface area (TPSA) is 110 Å². The van der Waals surface area contributed by atoms with Gasteiger partial charge in [-0.2, -0.15) is 0 Å². The molecule has 1 saturated carbocycles. The van der Waals surface area contributed by atoms with Gasteiger partial charge < -0.3 is 15.0 Å². The summed E-state index contributed by atoms with van der Waals surface area (Å²) in [5.41, 5.74) is -0.660. The molecule has 8 nitrogen and oxygen atoms in total. The Hall–Kier alpha value is -2.98. The molecule has 0 unspecified atom stereocenters. The highest BCUT2D eigenvalue weighted by Gasteiger charge is 2.40. The number of ether oxygens (including phenoxy) is 1. The maximum Gasteiger partial charge on any atom is 0.408 e. The number of carbonyl (C=O) groups is 3. The number of ketones is 1. The van der Waals surface area contributed by atoms with E-state index in [0.717, 1.165) is 36.3 Å². The molecule has 0 bridgehead atoms. The van der Waals surface area contributed by atoms with Gasteiger partial charge in [0, 0.05) is 11.4 Å². The fourth-order valence-electron chi connectivity index (χ4n) is 4.46. The van der Waals surface area contributed by atoms with Crippen molar-refractivity contribution < 1.29 is 31.9 Å². The molecule has 0 radical (unpaired) electrons. The molecule has 0 saturated heterocycles. The molecular weight excluding hydrogens is 535 g/mol. The summed E-state index contributed by atoms with van der Waals surface area (Å²) in [6.45, 7) is 4.79. The van der Waals surface area contributed by atoms with E-state index in [1.165, 1.54) is 0 Å². The molecule has 1 N–H and O–H groups in total. The van der Waals surface area contributed by atoms with Crippen molar-refractivity contribution in [3.05, 3.63) is 58.4 Å². The summed E-state index contributed by atoms with van der Waals surface area (Å²) in [6, 6.07) is 7.00. The molecule has 2 aromatic rings. The number of halogens is 2. The Morgan fingerprint density at radius 1 is 1.16 bits per heavy atom. The molecule has 204 valence electrons. The number of hydrogen-bond acceptors (Lipinski definition) is 6. The Labute approximate surface area is 226 Å². The van der Waals surface area contributed by atoms with Gasteiger partial charge in [-0.1, -0.05) is 43.0 Å². The zero-order chi connectivity index (χ0) is 27.8. The normalized spacial score (nSPS) is 19.2. The van der Waals surface area contributed by atoms with Crippen molar-refractivity contribution in [2.45, 2.75) is 69.5 Å². The van der Waals surface area contributed by atoms with Crippen LogP contribution in [0, 0.1) is 11.7 Å². The zero-order valence-corrected chi connectivity index (χ0v) is 23.0. The molecule has 1 aliphatic carbocycles. The summed E-state index contributed by atoms with van der Waals surface area (Å²) in [5, 5.41) is 2.83. The lowest BCUT2D eigenvalue weighted by molar-refractivity contribution is -0.120. The Bertz CT molecular complexity index is 1370. The standard InChI is InChI=1S/C27H30ClFN2O6S/c1-27(2,3)37-26(34)30-21-15-38(35,36)24-13-20(29)19(23(32)11-16-5-4-6-16)12-22(24)31(25(21)33)14-17-7-9-18(28)10-8-17/h7-10,12-13,16,21H,4-6,11,14-15H2,1-3H3,(H,30,34)/t21-/m0/s1. The number of alkyl carbamates (subject to hydrolysis) is 1. The van der Waals surface area contributed by atoms with Crippen molar-refractivity contribution in [1.29, 1.82) is 0 Å². The number of Topliss-reactive ketones (excluding diaryl/α,β-unsaturated/α-hetero) is 1. The third-order valence-corrected chi connectivity index (χ3v) is 8.59. The predicted octanol–water partition coefficient (Wildman–Crippen LogP) is 5.07. The molecule has 1 atom stereocenters. The minimum absolute atomic E-state index is 0.104. The fraction of sp³-hybridized carbons (Fsp3) is 0.444. The highest BCUT2D eigenvalue weighted by atomic mass is 35.5. The molecule has 1 heterocycles. The molecule has 4 rings (SSSR count). The maximum absolute atomic E-state index is 15.2. The van der Waals surface area contributed by atoms with Crippen LogP contribution in [0.5, 0.6) is 0 Å². The van der Waals surface area contributed by atoms with Crippen molar-refractivity contribution in [2.75, 3.05) is 10.7 Å². The second kappa shape index (κ2) is 10.6. The van der Waals surface area contributed by atoms with E-state index < -0.39 is 55.7 Å². The van der Waals surface area contributed by atoms with E-state index >= 15 is 4.39 Å². The molecule has 2 aliphatic rings. The average molecular weight is 565 g/mol. The molecule has 0 spiro atoms. The highest BCUT2D eigenvalue weighted by Crippen LogP contribution is 2.36. The zero-order valence-electron chi connectivity index (χ0n) is 21.4. The van der Waals surface area contributed by atoms with Gasteiger partial charge in [0.15, 0.2) is 15.6 Å². The van der Waals surface area contributed by atoms with Gasteiger partial charge in [0.05, 0.1) is 28.4 Å². The fourth-order valence-corrected chi connectivity index (χ4v) is 6.20. The van der Waals surface area contributed by atoms with E-state index in [0.29, 0.717) is 10.6 Å². The van der Waals surface area contributed by atoms with Crippen molar-refractivity contribution in [1.82, 2.24) is 5.32 Å². The van der Waals surface area contributed by atoms with Gasteiger partial charge in [0.25, 0.3) is 5.91 Å². The van der Waals surface area contributed by atoms with Gasteiger partial charge >= 0.3 is 6.09 Å². The van der Waals surface area contributed by atoms with Crippen LogP contribution in [0.2, 0.25) is 5.02 Å². The van der Waals surface area contributed by atoms with Gasteiger partial charge in [0.2, 0.25) is 0 Å². The number of sulfone groups is 1. The van der Waals surface area contributed by atoms with Crippen molar-refractivity contribution in [2.24, 2.45) is 5.92 Å². The van der Waals surface area contributed by atoms with Crippen LogP contribution in [0.3, 0.4) is 0 Å². The van der Waals surface area contributed by atoms with Crippen molar-refractivity contribution in [3.8, 4) is 0 Å². The Morgan fingerprint density at radius 2 is 1.82 bits per heavy atom. The molecular formula is C27H30ClFN2O6S. The Balaban J connectivity index is 1.78. The molecule has 2 aromatic carbocycles. The van der Waals surface area contributed by atoms with Gasteiger partial charge in [-0.05, 0) is 56.5 Å². The van der Waals surface area contributed by atoms with Crippen LogP contribution < -0.4 is 10.2 Å². The van der Waals surface area contributed by atoms with Crippen molar-refractivity contribution in [3.63, 3.8) is 0 Å². The number of hydrogen-bond donors (Lipinski definition) is 1. The first-order valence-corrected chi connectivity index (χ1v) is 14.4. The van der Waals surface area contributed by atoms with Crippen LogP contribution in [0.25, 0.3) is 0 Å². The van der Waals surface area contributed by atoms with Crippen LogP contribution in [-0.2, 0) is 25.9 Å². The first-order valence-electron chi connectivity index (χ1n) is 12.4. The summed E-state index contributed by atoms with van der Waals surface area (Å²) in [4.78, 5) is 39.9. The largest absolute Gasteiger partial charge is 0.444 e. The maximum atomic E-state index is 15.2. The van der Waals surface area contributed by atoms with E-state index in [9.17, 15) is 22.8 Å². The summed E-state index contributed by atoms with van der Waals surface area (Å²) in [7, 11) is -4.27. The monoisotopic (exact) mass is 564 g/mol. The van der Waals surface area contributed by atoms with Crippen LogP contribution >= 0.6 is 11.6 Å². The average Bonchev–Trinajstić information content (AvgIpc) is 2.84. The molecule has 11 heteroatoms. The summed E-state index contributed by atoms with van der Waals surface area (Å²) >= 11 is 5.99. The van der Waals surface area contributed by atoms with Gasteiger partial charge in [-0.25, -0.2) is 17.6 Å². The summed E-state index contributed by atoms with van der Waals surface area (Å²) in [6.07, 6.45) is 1.96. The number of carbonyl (C=O) groups excluding carboxylic acids is 3. The number of anilines is 1. The first kappa shape index (κ1) is 28.0. The van der Waals surface area contributed by atoms with Gasteiger partial charge in [0.1, 0.15) is 17.5 Å². The lowest BCUT2D eigenvalue weighted by Gasteiger charge is -2.27. The lowest BCUT2D eigenvalue weighted by atomic mass is 9.81. The number of amides is 2. The van der Waals surface area contributed by atoms with E-state index in [1.54, 1.807) is 45.0 Å². The van der Waals surface area contributed by atoms with Crippen molar-refractivity contribution >= 4 is 44.9 Å². The number of benzene rings is 2. The minimum Gasteiger partial charge on any atom is -0.444 e. The number of rotatable bonds is 6. The molecule has 0 aromatic heterocycles. The number of nitrogens with zero attached hydrogens (tertiary/aromatic N) is 1. The molecule has 1 aliphatic heterocycles.